The summed E-state index contributed by atoms with van der Waals surface area (Å²) in [7, 11) is -2.14. The number of methoxy groups -OCH3 is 1. The van der Waals surface area contributed by atoms with Crippen LogP contribution in [0, 0.1) is 12.8 Å². The maximum atomic E-state index is 12.9. The molecule has 1 atom stereocenters. The predicted octanol–water partition coefficient (Wildman–Crippen LogP) is 2.05. The Kier molecular flexibility index (Phi) is 5.31. The first-order valence-electron chi connectivity index (χ1n) is 7.71. The molecule has 1 aromatic rings. The lowest BCUT2D eigenvalue weighted by Crippen LogP contribution is -2.42. The van der Waals surface area contributed by atoms with Crippen LogP contribution in [0.15, 0.2) is 17.0 Å². The Bertz CT molecular complexity index is 699. The molecule has 1 fully saturated rings. The van der Waals surface area contributed by atoms with E-state index in [0.717, 1.165) is 5.56 Å². The Morgan fingerprint density at radius 1 is 1.43 bits per heavy atom. The molecule has 1 aromatic carbocycles. The van der Waals surface area contributed by atoms with E-state index in [1.165, 1.54) is 4.31 Å². The van der Waals surface area contributed by atoms with Gasteiger partial charge in [-0.1, -0.05) is 6.92 Å². The third-order valence-electron chi connectivity index (χ3n) is 4.31. The van der Waals surface area contributed by atoms with Crippen LogP contribution in [-0.2, 0) is 21.2 Å². The van der Waals surface area contributed by atoms with Gasteiger partial charge in [0.05, 0.1) is 17.9 Å². The standard InChI is InChI=1S/C16H23NO5S/c1-4-12-9-15(11(2)8-14(12)22-3)23(20,21)17-7-5-6-13(10-17)16(18)19/h8-9,13H,4-7,10H2,1-3H3,(H,18,19). The second-order valence-corrected chi connectivity index (χ2v) is 7.73. The van der Waals surface area contributed by atoms with Gasteiger partial charge < -0.3 is 9.84 Å². The number of hydrogen-bond acceptors (Lipinski definition) is 4. The molecule has 128 valence electrons. The maximum absolute atomic E-state index is 12.9. The summed E-state index contributed by atoms with van der Waals surface area (Å²) in [5.74, 6) is -0.903. The van der Waals surface area contributed by atoms with Crippen molar-refractivity contribution < 1.29 is 23.1 Å². The Morgan fingerprint density at radius 3 is 2.70 bits per heavy atom. The molecular weight excluding hydrogens is 318 g/mol. The van der Waals surface area contributed by atoms with Crippen molar-refractivity contribution in [3.8, 4) is 5.75 Å². The highest BCUT2D eigenvalue weighted by Gasteiger charge is 2.34. The zero-order valence-electron chi connectivity index (χ0n) is 13.7. The molecule has 0 spiro atoms. The van der Waals surface area contributed by atoms with Gasteiger partial charge in [-0.2, -0.15) is 4.31 Å². The van der Waals surface area contributed by atoms with Gasteiger partial charge in [0.2, 0.25) is 10.0 Å². The Hall–Kier alpha value is -1.60. The molecule has 0 aromatic heterocycles. The van der Waals surface area contributed by atoms with Crippen LogP contribution in [0.3, 0.4) is 0 Å². The minimum atomic E-state index is -3.70. The predicted molar refractivity (Wildman–Crippen MR) is 86.2 cm³/mol. The van der Waals surface area contributed by atoms with E-state index >= 15 is 0 Å². The van der Waals surface area contributed by atoms with Crippen molar-refractivity contribution in [2.75, 3.05) is 20.2 Å². The Balaban J connectivity index is 2.41. The average molecular weight is 341 g/mol. The fourth-order valence-corrected chi connectivity index (χ4v) is 4.73. The van der Waals surface area contributed by atoms with Crippen molar-refractivity contribution in [3.05, 3.63) is 23.3 Å². The average Bonchev–Trinajstić information content (AvgIpc) is 2.54. The van der Waals surface area contributed by atoms with Gasteiger partial charge in [-0.25, -0.2) is 8.42 Å². The molecule has 1 saturated heterocycles. The van der Waals surface area contributed by atoms with Crippen LogP contribution < -0.4 is 4.74 Å². The topological polar surface area (TPSA) is 83.9 Å². The second kappa shape index (κ2) is 6.88. The largest absolute Gasteiger partial charge is 0.496 e. The minimum Gasteiger partial charge on any atom is -0.496 e. The molecule has 0 saturated carbocycles. The molecule has 7 heteroatoms. The van der Waals surface area contributed by atoms with E-state index in [1.54, 1.807) is 26.2 Å². The molecule has 23 heavy (non-hydrogen) atoms. The van der Waals surface area contributed by atoms with Crippen LogP contribution in [0.4, 0.5) is 0 Å². The van der Waals surface area contributed by atoms with Crippen LogP contribution in [0.25, 0.3) is 0 Å². The van der Waals surface area contributed by atoms with Crippen molar-refractivity contribution in [2.24, 2.45) is 5.92 Å². The molecule has 1 N–H and O–H groups in total. The van der Waals surface area contributed by atoms with E-state index in [0.29, 0.717) is 37.1 Å². The number of ether oxygens (including phenoxy) is 1. The number of benzene rings is 1. The van der Waals surface area contributed by atoms with Crippen molar-refractivity contribution in [1.82, 2.24) is 4.31 Å². The maximum Gasteiger partial charge on any atom is 0.307 e. The molecule has 0 bridgehead atoms. The van der Waals surface area contributed by atoms with Crippen LogP contribution in [-0.4, -0.2) is 44.0 Å². The molecule has 1 unspecified atom stereocenters. The molecule has 6 nitrogen and oxygen atoms in total. The van der Waals surface area contributed by atoms with Gasteiger partial charge in [-0.15, -0.1) is 0 Å². The van der Waals surface area contributed by atoms with Crippen molar-refractivity contribution in [3.63, 3.8) is 0 Å². The molecular formula is C16H23NO5S. The lowest BCUT2D eigenvalue weighted by Gasteiger charge is -2.30. The zero-order valence-corrected chi connectivity index (χ0v) is 14.5. The Labute approximate surface area is 137 Å². The number of aryl methyl sites for hydroxylation is 2. The van der Waals surface area contributed by atoms with E-state index < -0.39 is 21.9 Å². The normalized spacial score (nSPS) is 19.5. The number of sulfonamides is 1. The van der Waals surface area contributed by atoms with Crippen LogP contribution in [0.5, 0.6) is 5.75 Å². The summed E-state index contributed by atoms with van der Waals surface area (Å²) in [6.07, 6.45) is 1.74. The summed E-state index contributed by atoms with van der Waals surface area (Å²) in [6.45, 7) is 4.06. The Morgan fingerprint density at radius 2 is 2.13 bits per heavy atom. The third kappa shape index (κ3) is 3.50. The number of hydrogen-bond donors (Lipinski definition) is 1. The summed E-state index contributed by atoms with van der Waals surface area (Å²) in [4.78, 5) is 11.4. The number of carbonyl (C=O) groups is 1. The number of aliphatic carboxylic acids is 1. The highest BCUT2D eigenvalue weighted by molar-refractivity contribution is 7.89. The number of carboxylic acids is 1. The number of nitrogens with zero attached hydrogens (tertiary/aromatic N) is 1. The first-order chi connectivity index (χ1) is 10.8. The van der Waals surface area contributed by atoms with Crippen LogP contribution in [0.1, 0.15) is 30.9 Å². The van der Waals surface area contributed by atoms with Gasteiger partial charge in [-0.3, -0.25) is 4.79 Å². The minimum absolute atomic E-state index is 0.0323. The highest BCUT2D eigenvalue weighted by atomic mass is 32.2. The van der Waals surface area contributed by atoms with Gasteiger partial charge in [-0.05, 0) is 49.4 Å². The SMILES string of the molecule is CCc1cc(S(=O)(=O)N2CCCC(C(=O)O)C2)c(C)cc1OC. The monoisotopic (exact) mass is 341 g/mol. The molecule has 1 heterocycles. The second-order valence-electron chi connectivity index (χ2n) is 5.82. The lowest BCUT2D eigenvalue weighted by molar-refractivity contribution is -0.142. The summed E-state index contributed by atoms with van der Waals surface area (Å²) in [5.41, 5.74) is 1.43. The quantitative estimate of drug-likeness (QED) is 0.886. The van der Waals surface area contributed by atoms with Gasteiger partial charge in [0.25, 0.3) is 0 Å². The fraction of sp³-hybridized carbons (Fsp3) is 0.562. The lowest BCUT2D eigenvalue weighted by atomic mass is 10.0. The fourth-order valence-electron chi connectivity index (χ4n) is 2.95. The van der Waals surface area contributed by atoms with Gasteiger partial charge in [0.15, 0.2) is 0 Å². The number of rotatable bonds is 5. The van der Waals surface area contributed by atoms with Crippen molar-refractivity contribution in [2.45, 2.75) is 38.0 Å². The molecule has 1 aliphatic heterocycles. The van der Waals surface area contributed by atoms with Crippen LogP contribution in [0.2, 0.25) is 0 Å². The van der Waals surface area contributed by atoms with Gasteiger partial charge in [0, 0.05) is 13.1 Å². The van der Waals surface area contributed by atoms with E-state index in [2.05, 4.69) is 0 Å². The first-order valence-corrected chi connectivity index (χ1v) is 9.15. The third-order valence-corrected chi connectivity index (χ3v) is 6.32. The van der Waals surface area contributed by atoms with Crippen LogP contribution >= 0.6 is 0 Å². The van der Waals surface area contributed by atoms with Gasteiger partial charge >= 0.3 is 5.97 Å². The highest BCUT2D eigenvalue weighted by Crippen LogP contribution is 2.30. The summed E-state index contributed by atoms with van der Waals surface area (Å²) in [5, 5.41) is 9.16. The number of piperidine rings is 1. The molecule has 0 radical (unpaired) electrons. The summed E-state index contributed by atoms with van der Waals surface area (Å²) in [6, 6.07) is 3.37. The number of carboxylic acid groups (broad SMARTS) is 1. The van der Waals surface area contributed by atoms with E-state index in [1.807, 2.05) is 6.92 Å². The molecule has 0 amide bonds. The molecule has 1 aliphatic rings. The summed E-state index contributed by atoms with van der Waals surface area (Å²) < 4.78 is 32.5. The molecule has 0 aliphatic carbocycles. The van der Waals surface area contributed by atoms with E-state index in [9.17, 15) is 13.2 Å². The first kappa shape index (κ1) is 17.7. The van der Waals surface area contributed by atoms with E-state index in [4.69, 9.17) is 9.84 Å². The van der Waals surface area contributed by atoms with Crippen molar-refractivity contribution in [1.29, 1.82) is 0 Å². The van der Waals surface area contributed by atoms with E-state index in [-0.39, 0.29) is 11.4 Å². The zero-order chi connectivity index (χ0) is 17.2. The van der Waals surface area contributed by atoms with Gasteiger partial charge in [0.1, 0.15) is 5.75 Å². The van der Waals surface area contributed by atoms with Crippen molar-refractivity contribution >= 4 is 16.0 Å². The smallest absolute Gasteiger partial charge is 0.307 e. The molecule has 2 rings (SSSR count). The summed E-state index contributed by atoms with van der Waals surface area (Å²) >= 11 is 0.